The van der Waals surface area contributed by atoms with E-state index in [2.05, 4.69) is 5.32 Å². The van der Waals surface area contributed by atoms with Crippen LogP contribution in [0, 0.1) is 5.82 Å². The minimum absolute atomic E-state index is 0.00841. The highest BCUT2D eigenvalue weighted by atomic mass is 19.1. The monoisotopic (exact) mass is 440 g/mol. The standard InChI is InChI=1S/C24H25FN2O5/c1-26-22(29)20-14-27(18-10-4-5-11-19(18)32-20)21(28)15-31-23(30)24(12-6-7-13-24)16-8-2-3-9-17(16)25/h2-5,8-11,20H,6-7,12-15H2,1H3,(H,26,29). The molecule has 0 radical (unpaired) electrons. The maximum absolute atomic E-state index is 14.5. The number of fused-ring (bicyclic) bond motifs is 1. The summed E-state index contributed by atoms with van der Waals surface area (Å²) in [6.45, 7) is -0.518. The number of hydrogen-bond donors (Lipinski definition) is 1. The van der Waals surface area contributed by atoms with Gasteiger partial charge < -0.3 is 19.7 Å². The zero-order valence-electron chi connectivity index (χ0n) is 17.8. The molecule has 1 aliphatic carbocycles. The molecular formula is C24H25FN2O5. The van der Waals surface area contributed by atoms with E-state index in [0.717, 1.165) is 12.8 Å². The maximum Gasteiger partial charge on any atom is 0.317 e. The van der Waals surface area contributed by atoms with Crippen LogP contribution in [0.5, 0.6) is 5.75 Å². The number of benzene rings is 2. The predicted molar refractivity (Wildman–Crippen MR) is 115 cm³/mol. The fourth-order valence-corrected chi connectivity index (χ4v) is 4.52. The summed E-state index contributed by atoms with van der Waals surface area (Å²) in [5.41, 5.74) is -0.274. The van der Waals surface area contributed by atoms with E-state index in [9.17, 15) is 18.8 Å². The Labute approximate surface area is 185 Å². The highest BCUT2D eigenvalue weighted by Crippen LogP contribution is 2.43. The van der Waals surface area contributed by atoms with Gasteiger partial charge >= 0.3 is 5.97 Å². The molecule has 2 aromatic carbocycles. The summed E-state index contributed by atoms with van der Waals surface area (Å²) in [5.74, 6) is -1.50. The molecule has 1 fully saturated rings. The highest BCUT2D eigenvalue weighted by molar-refractivity contribution is 5.99. The molecule has 1 heterocycles. The summed E-state index contributed by atoms with van der Waals surface area (Å²) in [7, 11) is 1.49. The molecule has 2 aliphatic rings. The lowest BCUT2D eigenvalue weighted by Crippen LogP contribution is -2.51. The number of carbonyl (C=O) groups is 3. The van der Waals surface area contributed by atoms with Gasteiger partial charge in [-0.3, -0.25) is 14.4 Å². The van der Waals surface area contributed by atoms with Crippen LogP contribution < -0.4 is 15.0 Å². The lowest BCUT2D eigenvalue weighted by molar-refractivity contribution is -0.154. The molecular weight excluding hydrogens is 415 g/mol. The third-order valence-corrected chi connectivity index (χ3v) is 6.18. The van der Waals surface area contributed by atoms with Gasteiger partial charge in [-0.2, -0.15) is 0 Å². The average Bonchev–Trinajstić information content (AvgIpc) is 3.32. The van der Waals surface area contributed by atoms with E-state index in [1.54, 1.807) is 42.5 Å². The van der Waals surface area contributed by atoms with E-state index in [1.807, 2.05) is 0 Å². The Morgan fingerprint density at radius 1 is 1.12 bits per heavy atom. The van der Waals surface area contributed by atoms with Crippen molar-refractivity contribution in [3.8, 4) is 5.75 Å². The third-order valence-electron chi connectivity index (χ3n) is 6.18. The van der Waals surface area contributed by atoms with Crippen LogP contribution in [-0.2, 0) is 24.5 Å². The molecule has 1 saturated carbocycles. The van der Waals surface area contributed by atoms with E-state index in [4.69, 9.17) is 9.47 Å². The Kier molecular flexibility index (Phi) is 6.12. The first-order chi connectivity index (χ1) is 15.5. The van der Waals surface area contributed by atoms with E-state index in [0.29, 0.717) is 29.8 Å². The number of ether oxygens (including phenoxy) is 2. The van der Waals surface area contributed by atoms with Crippen LogP contribution in [0.25, 0.3) is 0 Å². The minimum atomic E-state index is -1.08. The molecule has 0 spiro atoms. The maximum atomic E-state index is 14.5. The summed E-state index contributed by atoms with van der Waals surface area (Å²) in [6.07, 6.45) is 1.62. The van der Waals surface area contributed by atoms with Crippen LogP contribution in [0.15, 0.2) is 48.5 Å². The second-order valence-corrected chi connectivity index (χ2v) is 8.04. The zero-order valence-corrected chi connectivity index (χ0v) is 17.8. The quantitative estimate of drug-likeness (QED) is 0.723. The van der Waals surface area contributed by atoms with Gasteiger partial charge in [-0.15, -0.1) is 0 Å². The largest absolute Gasteiger partial charge is 0.477 e. The summed E-state index contributed by atoms with van der Waals surface area (Å²) >= 11 is 0. The smallest absolute Gasteiger partial charge is 0.317 e. The Morgan fingerprint density at radius 3 is 2.53 bits per heavy atom. The first-order valence-electron chi connectivity index (χ1n) is 10.7. The topological polar surface area (TPSA) is 84.9 Å². The Hall–Kier alpha value is -3.42. The zero-order chi connectivity index (χ0) is 22.7. The molecule has 168 valence electrons. The number of anilines is 1. The van der Waals surface area contributed by atoms with E-state index >= 15 is 0 Å². The molecule has 0 aromatic heterocycles. The van der Waals surface area contributed by atoms with Crippen molar-refractivity contribution in [2.75, 3.05) is 25.1 Å². The van der Waals surface area contributed by atoms with Crippen LogP contribution >= 0.6 is 0 Å². The number of esters is 1. The molecule has 2 amide bonds. The van der Waals surface area contributed by atoms with Gasteiger partial charge in [-0.25, -0.2) is 4.39 Å². The Morgan fingerprint density at radius 2 is 1.81 bits per heavy atom. The lowest BCUT2D eigenvalue weighted by atomic mass is 9.78. The van der Waals surface area contributed by atoms with E-state index in [1.165, 1.54) is 18.0 Å². The number of halogens is 1. The van der Waals surface area contributed by atoms with Crippen molar-refractivity contribution < 1.29 is 28.2 Å². The molecule has 8 heteroatoms. The summed E-state index contributed by atoms with van der Waals surface area (Å²) in [4.78, 5) is 39.7. The number of likely N-dealkylation sites (N-methyl/N-ethyl adjacent to an activating group) is 1. The van der Waals surface area contributed by atoms with Crippen LogP contribution in [0.3, 0.4) is 0 Å². The molecule has 1 unspecified atom stereocenters. The first-order valence-corrected chi connectivity index (χ1v) is 10.7. The number of nitrogens with zero attached hydrogens (tertiary/aromatic N) is 1. The van der Waals surface area contributed by atoms with Crippen molar-refractivity contribution in [3.63, 3.8) is 0 Å². The molecule has 0 bridgehead atoms. The van der Waals surface area contributed by atoms with Crippen LogP contribution in [-0.4, -0.2) is 44.1 Å². The first kappa shape index (κ1) is 21.8. The summed E-state index contributed by atoms with van der Waals surface area (Å²) in [6, 6.07) is 13.1. The van der Waals surface area contributed by atoms with Crippen molar-refractivity contribution in [3.05, 3.63) is 59.9 Å². The Bertz CT molecular complexity index is 1030. The number of amides is 2. The van der Waals surface area contributed by atoms with E-state index < -0.39 is 35.8 Å². The minimum Gasteiger partial charge on any atom is -0.477 e. The summed E-state index contributed by atoms with van der Waals surface area (Å²) < 4.78 is 25.7. The van der Waals surface area contributed by atoms with Crippen molar-refractivity contribution in [1.82, 2.24) is 5.32 Å². The SMILES string of the molecule is CNC(=O)C1CN(C(=O)COC(=O)C2(c3ccccc3F)CCCC2)c2ccccc2O1. The van der Waals surface area contributed by atoms with Crippen molar-refractivity contribution >= 4 is 23.5 Å². The molecule has 1 atom stereocenters. The molecule has 2 aromatic rings. The van der Waals surface area contributed by atoms with Gasteiger partial charge in [0, 0.05) is 12.6 Å². The molecule has 32 heavy (non-hydrogen) atoms. The molecule has 7 nitrogen and oxygen atoms in total. The van der Waals surface area contributed by atoms with Gasteiger partial charge in [-0.05, 0) is 31.0 Å². The third kappa shape index (κ3) is 3.92. The second kappa shape index (κ2) is 8.98. The van der Waals surface area contributed by atoms with E-state index in [-0.39, 0.29) is 12.5 Å². The molecule has 4 rings (SSSR count). The van der Waals surface area contributed by atoms with Gasteiger partial charge in [0.25, 0.3) is 11.8 Å². The fourth-order valence-electron chi connectivity index (χ4n) is 4.52. The summed E-state index contributed by atoms with van der Waals surface area (Å²) in [5, 5.41) is 2.52. The van der Waals surface area contributed by atoms with Crippen molar-refractivity contribution in [2.24, 2.45) is 0 Å². The normalized spacial score (nSPS) is 18.9. The number of hydrogen-bond acceptors (Lipinski definition) is 5. The van der Waals surface area contributed by atoms with Gasteiger partial charge in [0.2, 0.25) is 0 Å². The van der Waals surface area contributed by atoms with Gasteiger partial charge in [0.15, 0.2) is 12.7 Å². The van der Waals surface area contributed by atoms with Crippen LogP contribution in [0.4, 0.5) is 10.1 Å². The number of nitrogens with one attached hydrogen (secondary N) is 1. The highest BCUT2D eigenvalue weighted by Gasteiger charge is 2.46. The Balaban J connectivity index is 1.52. The lowest BCUT2D eigenvalue weighted by Gasteiger charge is -2.34. The second-order valence-electron chi connectivity index (χ2n) is 8.04. The van der Waals surface area contributed by atoms with Crippen LogP contribution in [0.2, 0.25) is 0 Å². The van der Waals surface area contributed by atoms with Crippen molar-refractivity contribution in [1.29, 1.82) is 0 Å². The number of para-hydroxylation sites is 2. The van der Waals surface area contributed by atoms with Crippen LogP contribution in [0.1, 0.15) is 31.2 Å². The fraction of sp³-hybridized carbons (Fsp3) is 0.375. The van der Waals surface area contributed by atoms with Gasteiger partial charge in [-0.1, -0.05) is 43.2 Å². The predicted octanol–water partition coefficient (Wildman–Crippen LogP) is 2.72. The van der Waals surface area contributed by atoms with Gasteiger partial charge in [0.1, 0.15) is 11.6 Å². The van der Waals surface area contributed by atoms with Crippen molar-refractivity contribution in [2.45, 2.75) is 37.2 Å². The molecule has 1 aliphatic heterocycles. The molecule has 0 saturated heterocycles. The van der Waals surface area contributed by atoms with Gasteiger partial charge in [0.05, 0.1) is 17.6 Å². The number of carbonyl (C=O) groups excluding carboxylic acids is 3. The average molecular weight is 440 g/mol. The number of rotatable bonds is 5. The molecule has 1 N–H and O–H groups in total.